The van der Waals surface area contributed by atoms with Crippen molar-refractivity contribution in [2.24, 2.45) is 0 Å². The molecule has 0 aromatic carbocycles. The molecular weight excluding hydrogens is 206 g/mol. The molecule has 0 unspecified atom stereocenters. The van der Waals surface area contributed by atoms with Gasteiger partial charge in [-0.05, 0) is 12.1 Å². The molecule has 0 atom stereocenters. The van der Waals surface area contributed by atoms with E-state index in [2.05, 4.69) is 15.2 Å². The molecule has 0 saturated heterocycles. The van der Waals surface area contributed by atoms with E-state index in [1.54, 1.807) is 0 Å². The Balaban J connectivity index is 2.35. The third-order valence-electron chi connectivity index (χ3n) is 1.66. The fraction of sp³-hybridized carbons (Fsp3) is 0.250. The van der Waals surface area contributed by atoms with E-state index in [0.717, 1.165) is 27.3 Å². The average Bonchev–Trinajstić information content (AvgIpc) is 2.71. The molecule has 1 N–H and O–H groups in total. The summed E-state index contributed by atoms with van der Waals surface area (Å²) < 4.78 is 0.762. The fourth-order valence-corrected chi connectivity index (χ4v) is 1.98. The maximum Gasteiger partial charge on any atom is 0.191 e. The molecule has 2 rings (SSSR count). The molecule has 0 amide bonds. The van der Waals surface area contributed by atoms with Gasteiger partial charge >= 0.3 is 0 Å². The highest BCUT2D eigenvalue weighted by Gasteiger charge is 2.06. The predicted molar refractivity (Wildman–Crippen MR) is 54.1 cm³/mol. The number of halogens is 1. The van der Waals surface area contributed by atoms with Crippen molar-refractivity contribution in [1.82, 2.24) is 15.2 Å². The SMILES string of the molecule is CCc1nc(-c2ccc(Cl)s2)n[nH]1. The van der Waals surface area contributed by atoms with E-state index < -0.39 is 0 Å². The van der Waals surface area contributed by atoms with E-state index in [-0.39, 0.29) is 0 Å². The van der Waals surface area contributed by atoms with Crippen molar-refractivity contribution in [2.45, 2.75) is 13.3 Å². The van der Waals surface area contributed by atoms with Crippen molar-refractivity contribution >= 4 is 22.9 Å². The largest absolute Gasteiger partial charge is 0.263 e. The average molecular weight is 214 g/mol. The van der Waals surface area contributed by atoms with Gasteiger partial charge in [-0.1, -0.05) is 18.5 Å². The van der Waals surface area contributed by atoms with Gasteiger partial charge in [0.05, 0.1) is 9.21 Å². The molecule has 2 aromatic rings. The molecule has 0 aliphatic rings. The third-order valence-corrected chi connectivity index (χ3v) is 2.89. The van der Waals surface area contributed by atoms with Crippen LogP contribution >= 0.6 is 22.9 Å². The third kappa shape index (κ3) is 1.73. The lowest BCUT2D eigenvalue weighted by atomic mass is 10.4. The maximum atomic E-state index is 5.80. The summed E-state index contributed by atoms with van der Waals surface area (Å²) in [5.74, 6) is 1.63. The van der Waals surface area contributed by atoms with Crippen molar-refractivity contribution in [3.05, 3.63) is 22.3 Å². The van der Waals surface area contributed by atoms with Gasteiger partial charge in [-0.25, -0.2) is 4.98 Å². The summed E-state index contributed by atoms with van der Waals surface area (Å²) in [4.78, 5) is 5.30. The van der Waals surface area contributed by atoms with Crippen LogP contribution < -0.4 is 0 Å². The highest BCUT2D eigenvalue weighted by Crippen LogP contribution is 2.28. The fourth-order valence-electron chi connectivity index (χ4n) is 0.998. The van der Waals surface area contributed by atoms with Gasteiger partial charge in [0, 0.05) is 6.42 Å². The smallest absolute Gasteiger partial charge is 0.191 e. The highest BCUT2D eigenvalue weighted by molar-refractivity contribution is 7.19. The number of aromatic nitrogens is 3. The topological polar surface area (TPSA) is 41.6 Å². The predicted octanol–water partition coefficient (Wildman–Crippen LogP) is 2.75. The van der Waals surface area contributed by atoms with Crippen LogP contribution in [0.2, 0.25) is 4.34 Å². The van der Waals surface area contributed by atoms with Crippen molar-refractivity contribution in [1.29, 1.82) is 0 Å². The van der Waals surface area contributed by atoms with E-state index in [1.165, 1.54) is 11.3 Å². The molecule has 2 aromatic heterocycles. The van der Waals surface area contributed by atoms with Crippen LogP contribution in [0.15, 0.2) is 12.1 Å². The molecule has 5 heteroatoms. The number of nitrogens with one attached hydrogen (secondary N) is 1. The van der Waals surface area contributed by atoms with Crippen molar-refractivity contribution in [2.75, 3.05) is 0 Å². The standard InChI is InChI=1S/C8H8ClN3S/c1-2-7-10-8(12-11-7)5-3-4-6(9)13-5/h3-4H,2H2,1H3,(H,10,11,12). The first-order valence-corrected chi connectivity index (χ1v) is 5.16. The van der Waals surface area contributed by atoms with Crippen LogP contribution in [0, 0.1) is 0 Å². The van der Waals surface area contributed by atoms with Gasteiger partial charge in [-0.2, -0.15) is 5.10 Å². The second-order valence-electron chi connectivity index (χ2n) is 2.56. The quantitative estimate of drug-likeness (QED) is 0.834. The number of aryl methyl sites for hydroxylation is 1. The van der Waals surface area contributed by atoms with E-state index in [4.69, 9.17) is 11.6 Å². The zero-order valence-corrected chi connectivity index (χ0v) is 8.61. The molecule has 68 valence electrons. The number of hydrogen-bond donors (Lipinski definition) is 1. The van der Waals surface area contributed by atoms with E-state index in [9.17, 15) is 0 Å². The van der Waals surface area contributed by atoms with E-state index >= 15 is 0 Å². The summed E-state index contributed by atoms with van der Waals surface area (Å²) in [7, 11) is 0. The summed E-state index contributed by atoms with van der Waals surface area (Å²) in [6.45, 7) is 2.03. The minimum Gasteiger partial charge on any atom is -0.263 e. The molecule has 0 aliphatic heterocycles. The Bertz CT molecular complexity index is 407. The monoisotopic (exact) mass is 213 g/mol. The number of aromatic amines is 1. The lowest BCUT2D eigenvalue weighted by molar-refractivity contribution is 0.946. The summed E-state index contributed by atoms with van der Waals surface area (Å²) >= 11 is 7.29. The number of nitrogens with zero attached hydrogens (tertiary/aromatic N) is 2. The van der Waals surface area contributed by atoms with Gasteiger partial charge in [0.1, 0.15) is 5.82 Å². The first-order chi connectivity index (χ1) is 6.29. The molecule has 0 aliphatic carbocycles. The summed E-state index contributed by atoms with van der Waals surface area (Å²) in [6, 6.07) is 3.78. The van der Waals surface area contributed by atoms with Crippen molar-refractivity contribution in [3.63, 3.8) is 0 Å². The van der Waals surface area contributed by atoms with Crippen LogP contribution in [0.5, 0.6) is 0 Å². The van der Waals surface area contributed by atoms with Crippen LogP contribution in [0.1, 0.15) is 12.7 Å². The van der Waals surface area contributed by atoms with Gasteiger partial charge < -0.3 is 0 Å². The number of H-pyrrole nitrogens is 1. The summed E-state index contributed by atoms with van der Waals surface area (Å²) in [5.41, 5.74) is 0. The normalized spacial score (nSPS) is 10.6. The molecule has 0 saturated carbocycles. The molecule has 0 spiro atoms. The Kier molecular flexibility index (Phi) is 2.33. The molecule has 0 fully saturated rings. The first kappa shape index (κ1) is 8.72. The molecule has 2 heterocycles. The maximum absolute atomic E-state index is 5.80. The Morgan fingerprint density at radius 2 is 2.38 bits per heavy atom. The minimum absolute atomic E-state index is 0.730. The summed E-state index contributed by atoms with van der Waals surface area (Å²) in [6.07, 6.45) is 0.867. The van der Waals surface area contributed by atoms with Crippen LogP contribution in [0.25, 0.3) is 10.7 Å². The first-order valence-electron chi connectivity index (χ1n) is 3.96. The highest BCUT2D eigenvalue weighted by atomic mass is 35.5. The molecule has 0 radical (unpaired) electrons. The van der Waals surface area contributed by atoms with Crippen LogP contribution in [0.4, 0.5) is 0 Å². The molecule has 0 bridgehead atoms. The molecule has 13 heavy (non-hydrogen) atoms. The number of rotatable bonds is 2. The minimum atomic E-state index is 0.730. The number of thiophene rings is 1. The van der Waals surface area contributed by atoms with Gasteiger partial charge in [0.15, 0.2) is 5.82 Å². The van der Waals surface area contributed by atoms with Gasteiger partial charge in [-0.3, -0.25) is 5.10 Å². The zero-order valence-electron chi connectivity index (χ0n) is 7.04. The van der Waals surface area contributed by atoms with E-state index in [0.29, 0.717) is 0 Å². The lowest BCUT2D eigenvalue weighted by Gasteiger charge is -1.84. The zero-order chi connectivity index (χ0) is 9.26. The second-order valence-corrected chi connectivity index (χ2v) is 4.28. The van der Waals surface area contributed by atoms with Gasteiger partial charge in [0.2, 0.25) is 0 Å². The Hall–Kier alpha value is -0.870. The summed E-state index contributed by atoms with van der Waals surface area (Å²) in [5, 5.41) is 6.95. The molecule has 3 nitrogen and oxygen atoms in total. The molecular formula is C8H8ClN3S. The van der Waals surface area contributed by atoms with Crippen LogP contribution in [0.3, 0.4) is 0 Å². The van der Waals surface area contributed by atoms with Crippen LogP contribution in [-0.4, -0.2) is 15.2 Å². The Morgan fingerprint density at radius 3 is 2.92 bits per heavy atom. The van der Waals surface area contributed by atoms with E-state index in [1.807, 2.05) is 19.1 Å². The second kappa shape index (κ2) is 3.47. The number of hydrogen-bond acceptors (Lipinski definition) is 3. The Morgan fingerprint density at radius 1 is 1.54 bits per heavy atom. The van der Waals surface area contributed by atoms with Crippen molar-refractivity contribution in [3.8, 4) is 10.7 Å². The van der Waals surface area contributed by atoms with Gasteiger partial charge in [-0.15, -0.1) is 11.3 Å². The van der Waals surface area contributed by atoms with Crippen LogP contribution in [-0.2, 0) is 6.42 Å². The lowest BCUT2D eigenvalue weighted by Crippen LogP contribution is -1.80. The van der Waals surface area contributed by atoms with Gasteiger partial charge in [0.25, 0.3) is 0 Å². The Labute approximate surface area is 84.8 Å². The van der Waals surface area contributed by atoms with Crippen molar-refractivity contribution < 1.29 is 0 Å².